The quantitative estimate of drug-likeness (QED) is 0.289. The van der Waals surface area contributed by atoms with Crippen LogP contribution in [0, 0.1) is 6.92 Å². The van der Waals surface area contributed by atoms with Crippen molar-refractivity contribution in [3.8, 4) is 0 Å². The molecule has 2 aromatic carbocycles. The molecule has 0 radical (unpaired) electrons. The summed E-state index contributed by atoms with van der Waals surface area (Å²) in [6.07, 6.45) is -1.61. The average Bonchev–Trinajstić information content (AvgIpc) is 3.31. The molecule has 0 saturated carbocycles. The van der Waals surface area contributed by atoms with E-state index < -0.39 is 34.2 Å². The number of hydrogen-bond donors (Lipinski definition) is 0. The highest BCUT2D eigenvalue weighted by Crippen LogP contribution is 2.35. The van der Waals surface area contributed by atoms with Gasteiger partial charge >= 0.3 is 17.8 Å². The van der Waals surface area contributed by atoms with Crippen molar-refractivity contribution >= 4 is 33.5 Å². The summed E-state index contributed by atoms with van der Waals surface area (Å²) in [6.45, 7) is 2.17. The zero-order chi connectivity index (χ0) is 23.0. The normalized spacial score (nSPS) is 19.9. The SMILES string of the molecule is COC(=O)C(=[N+]=[N-])c1ccccc1N1CC2OC(=O)N(S(=O)(=O)c3ccc(C)cc3)C2C1. The molecule has 4 rings (SSSR count). The number of amides is 1. The van der Waals surface area contributed by atoms with Gasteiger partial charge in [-0.25, -0.2) is 18.0 Å². The van der Waals surface area contributed by atoms with E-state index in [1.54, 1.807) is 41.3 Å². The number of esters is 1. The lowest BCUT2D eigenvalue weighted by Gasteiger charge is -2.24. The van der Waals surface area contributed by atoms with Gasteiger partial charge in [-0.15, -0.1) is 0 Å². The number of fused-ring (bicyclic) bond motifs is 1. The number of ether oxygens (including phenoxy) is 2. The van der Waals surface area contributed by atoms with Crippen LogP contribution in [-0.2, 0) is 24.3 Å². The van der Waals surface area contributed by atoms with Gasteiger partial charge in [0.2, 0.25) is 0 Å². The van der Waals surface area contributed by atoms with Crippen LogP contribution in [0.15, 0.2) is 53.4 Å². The Morgan fingerprint density at radius 1 is 1.16 bits per heavy atom. The number of carbonyl (C=O) groups is 2. The van der Waals surface area contributed by atoms with Gasteiger partial charge in [0, 0.05) is 6.54 Å². The number of benzene rings is 2. The van der Waals surface area contributed by atoms with E-state index in [0.717, 1.165) is 9.87 Å². The van der Waals surface area contributed by atoms with Gasteiger partial charge in [0.05, 0.1) is 29.8 Å². The van der Waals surface area contributed by atoms with Crippen LogP contribution in [0.1, 0.15) is 11.1 Å². The maximum absolute atomic E-state index is 13.2. The van der Waals surface area contributed by atoms with Gasteiger partial charge in [-0.2, -0.15) is 9.10 Å². The first-order valence-corrected chi connectivity index (χ1v) is 11.2. The lowest BCUT2D eigenvalue weighted by Crippen LogP contribution is -2.42. The molecule has 2 aromatic rings. The van der Waals surface area contributed by atoms with Crippen molar-refractivity contribution in [1.82, 2.24) is 4.31 Å². The fourth-order valence-electron chi connectivity index (χ4n) is 3.96. The molecule has 2 aliphatic heterocycles. The Kier molecular flexibility index (Phi) is 5.45. The molecule has 2 aliphatic rings. The van der Waals surface area contributed by atoms with Gasteiger partial charge in [0.25, 0.3) is 10.0 Å². The number of carbonyl (C=O) groups excluding carboxylic acids is 2. The number of anilines is 1. The minimum atomic E-state index is -4.12. The third-order valence-corrected chi connectivity index (χ3v) is 7.33. The van der Waals surface area contributed by atoms with Crippen molar-refractivity contribution in [3.63, 3.8) is 0 Å². The number of sulfonamides is 1. The molecule has 32 heavy (non-hydrogen) atoms. The highest BCUT2D eigenvalue weighted by molar-refractivity contribution is 7.89. The third kappa shape index (κ3) is 3.51. The number of rotatable bonds is 5. The lowest BCUT2D eigenvalue weighted by molar-refractivity contribution is -0.137. The van der Waals surface area contributed by atoms with Gasteiger partial charge in [0.1, 0.15) is 12.1 Å². The van der Waals surface area contributed by atoms with Crippen molar-refractivity contribution in [2.45, 2.75) is 24.0 Å². The first-order chi connectivity index (χ1) is 15.3. The predicted octanol–water partition coefficient (Wildman–Crippen LogP) is 1.59. The molecule has 0 spiro atoms. The monoisotopic (exact) mass is 456 g/mol. The number of aryl methyl sites for hydroxylation is 1. The lowest BCUT2D eigenvalue weighted by atomic mass is 10.1. The van der Waals surface area contributed by atoms with Crippen molar-refractivity contribution in [2.24, 2.45) is 0 Å². The summed E-state index contributed by atoms with van der Waals surface area (Å²) in [4.78, 5) is 29.3. The second-order valence-corrected chi connectivity index (χ2v) is 9.28. The van der Waals surface area contributed by atoms with Crippen LogP contribution in [-0.4, -0.2) is 67.6 Å². The molecule has 2 unspecified atom stereocenters. The maximum Gasteiger partial charge on any atom is 0.424 e. The molecule has 2 fully saturated rings. The van der Waals surface area contributed by atoms with Crippen LogP contribution in [0.4, 0.5) is 10.5 Å². The maximum atomic E-state index is 13.2. The number of hydrogen-bond acceptors (Lipinski definition) is 7. The molecule has 0 N–H and O–H groups in total. The van der Waals surface area contributed by atoms with Crippen LogP contribution in [0.2, 0.25) is 0 Å². The summed E-state index contributed by atoms with van der Waals surface area (Å²) in [7, 11) is -2.95. The topological polar surface area (TPSA) is 130 Å². The summed E-state index contributed by atoms with van der Waals surface area (Å²) in [5.74, 6) is -0.825. The first-order valence-electron chi connectivity index (χ1n) is 9.74. The Hall–Kier alpha value is -3.69. The van der Waals surface area contributed by atoms with Gasteiger partial charge in [-0.05, 0) is 31.2 Å². The molecule has 0 aromatic heterocycles. The first kappa shape index (κ1) is 21.5. The molecule has 0 aliphatic carbocycles. The zero-order valence-electron chi connectivity index (χ0n) is 17.3. The summed E-state index contributed by atoms with van der Waals surface area (Å²) < 4.78 is 37.2. The molecule has 2 heterocycles. The van der Waals surface area contributed by atoms with Crippen LogP contribution >= 0.6 is 0 Å². The highest BCUT2D eigenvalue weighted by atomic mass is 32.2. The largest absolute Gasteiger partial charge is 0.460 e. The number of para-hydroxylation sites is 1. The molecule has 166 valence electrons. The Balaban J connectivity index is 1.67. The Morgan fingerprint density at radius 2 is 1.84 bits per heavy atom. The minimum absolute atomic E-state index is 0.0000542. The van der Waals surface area contributed by atoms with Crippen LogP contribution < -0.4 is 4.90 Å². The predicted molar refractivity (Wildman–Crippen MR) is 113 cm³/mol. The smallest absolute Gasteiger partial charge is 0.424 e. The zero-order valence-corrected chi connectivity index (χ0v) is 18.2. The standard InChI is InChI=1S/C21H20N4O6S/c1-13-7-9-14(10-8-13)32(28,29)25-17-11-24(12-18(17)31-21(25)27)16-6-4-3-5-15(16)19(23-22)20(26)30-2/h3-10,17-18H,11-12H2,1-2H3. The number of nitrogens with zero attached hydrogens (tertiary/aromatic N) is 4. The Bertz CT molecular complexity index is 1240. The molecule has 0 bridgehead atoms. The minimum Gasteiger partial charge on any atom is -0.460 e. The molecule has 1 amide bonds. The van der Waals surface area contributed by atoms with E-state index >= 15 is 0 Å². The Labute approximate surface area is 184 Å². The van der Waals surface area contributed by atoms with Crippen LogP contribution in [0.3, 0.4) is 0 Å². The van der Waals surface area contributed by atoms with E-state index in [9.17, 15) is 23.5 Å². The second-order valence-electron chi connectivity index (χ2n) is 7.47. The van der Waals surface area contributed by atoms with Crippen molar-refractivity contribution in [1.29, 1.82) is 0 Å². The van der Waals surface area contributed by atoms with Crippen LogP contribution in [0.25, 0.3) is 5.53 Å². The van der Waals surface area contributed by atoms with Gasteiger partial charge < -0.3 is 19.9 Å². The van der Waals surface area contributed by atoms with E-state index in [1.165, 1.54) is 19.2 Å². The summed E-state index contributed by atoms with van der Waals surface area (Å²) in [5, 5.41) is 0. The summed E-state index contributed by atoms with van der Waals surface area (Å²) in [6, 6.07) is 12.1. The number of methoxy groups -OCH3 is 1. The van der Waals surface area contributed by atoms with Crippen molar-refractivity contribution in [3.05, 3.63) is 65.2 Å². The highest BCUT2D eigenvalue weighted by Gasteiger charge is 2.53. The third-order valence-electron chi connectivity index (χ3n) is 5.53. The summed E-state index contributed by atoms with van der Waals surface area (Å²) >= 11 is 0. The summed E-state index contributed by atoms with van der Waals surface area (Å²) in [5.41, 5.74) is 10.8. The van der Waals surface area contributed by atoms with Gasteiger partial charge in [-0.1, -0.05) is 29.8 Å². The molecule has 10 nitrogen and oxygen atoms in total. The molecular formula is C21H20N4O6S. The van der Waals surface area contributed by atoms with E-state index in [1.807, 2.05) is 6.92 Å². The Morgan fingerprint density at radius 3 is 2.50 bits per heavy atom. The second kappa shape index (κ2) is 8.10. The molecule has 2 atom stereocenters. The fraction of sp³-hybridized carbons (Fsp3) is 0.286. The van der Waals surface area contributed by atoms with Crippen molar-refractivity contribution < 1.29 is 32.3 Å². The average molecular weight is 456 g/mol. The van der Waals surface area contributed by atoms with E-state index in [2.05, 4.69) is 9.53 Å². The molecule has 2 saturated heterocycles. The fourth-order valence-corrected chi connectivity index (χ4v) is 5.47. The van der Waals surface area contributed by atoms with Crippen molar-refractivity contribution in [2.75, 3.05) is 25.1 Å². The van der Waals surface area contributed by atoms with Gasteiger partial charge in [0.15, 0.2) is 0 Å². The van der Waals surface area contributed by atoms with E-state index in [4.69, 9.17) is 4.74 Å². The van der Waals surface area contributed by atoms with E-state index in [-0.39, 0.29) is 23.7 Å². The van der Waals surface area contributed by atoms with Crippen LogP contribution in [0.5, 0.6) is 0 Å². The van der Waals surface area contributed by atoms with E-state index in [0.29, 0.717) is 11.3 Å². The molecule has 11 heteroatoms. The molecular weight excluding hydrogens is 436 g/mol. The van der Waals surface area contributed by atoms with Gasteiger partial charge in [-0.3, -0.25) is 0 Å².